The molecule has 1 aliphatic heterocycles. The number of thiazole rings is 1. The molecule has 4 rings (SSSR count). The van der Waals surface area contributed by atoms with Gasteiger partial charge in [-0.05, 0) is 41.1 Å². The van der Waals surface area contributed by atoms with Crippen LogP contribution in [0.5, 0.6) is 0 Å². The van der Waals surface area contributed by atoms with Crippen LogP contribution in [0.1, 0.15) is 27.8 Å². The molecule has 2 aromatic heterocycles. The Bertz CT molecular complexity index is 1040. The van der Waals surface area contributed by atoms with E-state index >= 15 is 0 Å². The van der Waals surface area contributed by atoms with Crippen LogP contribution in [0.4, 0.5) is 0 Å². The number of ether oxygens (including phenoxy) is 2. The summed E-state index contributed by atoms with van der Waals surface area (Å²) in [5.74, 6) is -0.428. The van der Waals surface area contributed by atoms with Crippen LogP contribution in [0, 0.1) is 0 Å². The van der Waals surface area contributed by atoms with E-state index in [-0.39, 0.29) is 5.91 Å². The molecular weight excluding hydrogens is 446 g/mol. The molecular formula is C19H18BrN3O4S. The van der Waals surface area contributed by atoms with Crippen molar-refractivity contribution < 1.29 is 19.1 Å². The number of amides is 1. The van der Waals surface area contributed by atoms with Crippen LogP contribution in [-0.2, 0) is 9.47 Å². The maximum Gasteiger partial charge on any atom is 0.357 e. The van der Waals surface area contributed by atoms with Gasteiger partial charge in [-0.2, -0.15) is 0 Å². The topological polar surface area (TPSA) is 73.7 Å². The molecule has 0 aliphatic carbocycles. The number of aromatic nitrogens is 2. The monoisotopic (exact) mass is 463 g/mol. The molecule has 0 saturated carbocycles. The van der Waals surface area contributed by atoms with Crippen molar-refractivity contribution in [2.75, 3.05) is 32.9 Å². The van der Waals surface area contributed by atoms with Crippen LogP contribution in [-0.4, -0.2) is 59.2 Å². The lowest BCUT2D eigenvalue weighted by Gasteiger charge is -2.26. The number of benzene rings is 1. The number of rotatable bonds is 4. The molecule has 0 unspecified atom stereocenters. The molecule has 1 fully saturated rings. The number of hydrogen-bond donors (Lipinski definition) is 0. The Labute approximate surface area is 174 Å². The van der Waals surface area contributed by atoms with Gasteiger partial charge in [0.25, 0.3) is 5.91 Å². The van der Waals surface area contributed by atoms with Gasteiger partial charge in [0, 0.05) is 40.1 Å². The second-order valence-corrected chi connectivity index (χ2v) is 7.91. The highest BCUT2D eigenvalue weighted by molar-refractivity contribution is 9.10. The third kappa shape index (κ3) is 3.57. The molecule has 28 heavy (non-hydrogen) atoms. The summed E-state index contributed by atoms with van der Waals surface area (Å²) in [6.45, 7) is 4.42. The van der Waals surface area contributed by atoms with Crippen molar-refractivity contribution in [1.82, 2.24) is 14.5 Å². The quantitative estimate of drug-likeness (QED) is 0.553. The zero-order valence-electron chi connectivity index (χ0n) is 15.2. The van der Waals surface area contributed by atoms with Gasteiger partial charge in [0.2, 0.25) is 0 Å². The van der Waals surface area contributed by atoms with Gasteiger partial charge in [0.05, 0.1) is 25.3 Å². The van der Waals surface area contributed by atoms with Gasteiger partial charge < -0.3 is 14.4 Å². The molecule has 146 valence electrons. The van der Waals surface area contributed by atoms with Crippen molar-refractivity contribution in [3.8, 4) is 5.13 Å². The molecule has 0 radical (unpaired) electrons. The third-order valence-corrected chi connectivity index (χ3v) is 5.96. The zero-order chi connectivity index (χ0) is 19.7. The van der Waals surface area contributed by atoms with E-state index in [1.807, 2.05) is 33.9 Å². The Morgan fingerprint density at radius 3 is 2.86 bits per heavy atom. The van der Waals surface area contributed by atoms with Crippen LogP contribution in [0.2, 0.25) is 0 Å². The minimum Gasteiger partial charge on any atom is -0.461 e. The van der Waals surface area contributed by atoms with Gasteiger partial charge in [-0.15, -0.1) is 11.3 Å². The molecule has 0 atom stereocenters. The van der Waals surface area contributed by atoms with Crippen LogP contribution < -0.4 is 0 Å². The fourth-order valence-corrected chi connectivity index (χ4v) is 4.41. The van der Waals surface area contributed by atoms with E-state index in [1.54, 1.807) is 12.3 Å². The van der Waals surface area contributed by atoms with Crippen molar-refractivity contribution in [2.45, 2.75) is 6.92 Å². The summed E-state index contributed by atoms with van der Waals surface area (Å²) < 4.78 is 13.1. The lowest BCUT2D eigenvalue weighted by Crippen LogP contribution is -2.40. The molecule has 3 heterocycles. The van der Waals surface area contributed by atoms with Gasteiger partial charge >= 0.3 is 5.97 Å². The van der Waals surface area contributed by atoms with E-state index in [1.165, 1.54) is 11.3 Å². The van der Waals surface area contributed by atoms with Gasteiger partial charge in [-0.1, -0.05) is 0 Å². The largest absolute Gasteiger partial charge is 0.461 e. The summed E-state index contributed by atoms with van der Waals surface area (Å²) in [7, 11) is 0. The number of esters is 1. The Morgan fingerprint density at radius 1 is 1.32 bits per heavy atom. The number of nitrogens with zero attached hydrogens (tertiary/aromatic N) is 3. The Hall–Kier alpha value is -2.23. The number of halogens is 1. The average Bonchev–Trinajstić information content (AvgIpc) is 3.33. The number of carbonyl (C=O) groups is 2. The fraction of sp³-hybridized carbons (Fsp3) is 0.316. The number of fused-ring (bicyclic) bond motifs is 1. The molecule has 1 amide bonds. The van der Waals surface area contributed by atoms with E-state index < -0.39 is 5.97 Å². The smallest absolute Gasteiger partial charge is 0.357 e. The first-order chi connectivity index (χ1) is 13.6. The summed E-state index contributed by atoms with van der Waals surface area (Å²) in [5, 5.41) is 3.25. The van der Waals surface area contributed by atoms with Crippen LogP contribution in [0.25, 0.3) is 16.0 Å². The fourth-order valence-electron chi connectivity index (χ4n) is 3.10. The first-order valence-corrected chi connectivity index (χ1v) is 10.6. The summed E-state index contributed by atoms with van der Waals surface area (Å²) in [4.78, 5) is 30.8. The molecule has 1 saturated heterocycles. The Kier molecular flexibility index (Phi) is 5.47. The summed E-state index contributed by atoms with van der Waals surface area (Å²) in [6, 6.07) is 5.61. The lowest BCUT2D eigenvalue weighted by molar-refractivity contribution is 0.0303. The summed E-state index contributed by atoms with van der Waals surface area (Å²) >= 11 is 4.93. The van der Waals surface area contributed by atoms with Gasteiger partial charge in [-0.25, -0.2) is 9.78 Å². The number of hydrogen-bond acceptors (Lipinski definition) is 6. The molecule has 0 N–H and O–H groups in total. The van der Waals surface area contributed by atoms with Gasteiger partial charge in [0.15, 0.2) is 10.8 Å². The van der Waals surface area contributed by atoms with Crippen molar-refractivity contribution in [1.29, 1.82) is 0 Å². The Balaban J connectivity index is 1.67. The van der Waals surface area contributed by atoms with Gasteiger partial charge in [-0.3, -0.25) is 9.36 Å². The molecule has 1 aliphatic rings. The molecule has 9 heteroatoms. The summed E-state index contributed by atoms with van der Waals surface area (Å²) in [5.41, 5.74) is 1.83. The zero-order valence-corrected chi connectivity index (χ0v) is 17.6. The maximum atomic E-state index is 12.8. The molecule has 7 nitrogen and oxygen atoms in total. The average molecular weight is 464 g/mol. The Morgan fingerprint density at radius 2 is 2.11 bits per heavy atom. The SMILES string of the molecule is CCOC(=O)c1csc(-n2cc(Br)c3cc(C(=O)N4CCOCC4)ccc32)n1. The molecule has 1 aromatic carbocycles. The van der Waals surface area contributed by atoms with Crippen LogP contribution in [0.3, 0.4) is 0 Å². The van der Waals surface area contributed by atoms with Crippen LogP contribution in [0.15, 0.2) is 34.2 Å². The molecule has 0 spiro atoms. The second kappa shape index (κ2) is 8.02. The van der Waals surface area contributed by atoms with Crippen LogP contribution >= 0.6 is 27.3 Å². The molecule has 3 aromatic rings. The minimum atomic E-state index is -0.432. The van der Waals surface area contributed by atoms with E-state index in [0.29, 0.717) is 49.3 Å². The highest BCUT2D eigenvalue weighted by atomic mass is 79.9. The van der Waals surface area contributed by atoms with Crippen molar-refractivity contribution >= 4 is 50.0 Å². The van der Waals surface area contributed by atoms with E-state index in [9.17, 15) is 9.59 Å². The van der Waals surface area contributed by atoms with E-state index in [0.717, 1.165) is 15.4 Å². The predicted octanol–water partition coefficient (Wildman–Crippen LogP) is 3.50. The van der Waals surface area contributed by atoms with Crippen molar-refractivity contribution in [2.24, 2.45) is 0 Å². The van der Waals surface area contributed by atoms with Crippen molar-refractivity contribution in [3.63, 3.8) is 0 Å². The number of morpholine rings is 1. The second-order valence-electron chi connectivity index (χ2n) is 6.22. The lowest BCUT2D eigenvalue weighted by atomic mass is 10.1. The highest BCUT2D eigenvalue weighted by Crippen LogP contribution is 2.31. The highest BCUT2D eigenvalue weighted by Gasteiger charge is 2.20. The normalized spacial score (nSPS) is 14.4. The first kappa shape index (κ1) is 19.1. The molecule has 0 bridgehead atoms. The maximum absolute atomic E-state index is 12.8. The minimum absolute atomic E-state index is 0.00342. The standard InChI is InChI=1S/C19H18BrN3O4S/c1-2-27-18(25)15-11-28-19(21-15)23-10-14(20)13-9-12(3-4-16(13)23)17(24)22-5-7-26-8-6-22/h3-4,9-11H,2,5-8H2,1H3. The summed E-state index contributed by atoms with van der Waals surface area (Å²) in [6.07, 6.45) is 1.89. The van der Waals surface area contributed by atoms with Gasteiger partial charge in [0.1, 0.15) is 0 Å². The predicted molar refractivity (Wildman–Crippen MR) is 109 cm³/mol. The van der Waals surface area contributed by atoms with E-state index in [2.05, 4.69) is 20.9 Å². The third-order valence-electron chi connectivity index (χ3n) is 4.48. The first-order valence-electron chi connectivity index (χ1n) is 8.89. The van der Waals surface area contributed by atoms with Crippen molar-refractivity contribution in [3.05, 3.63) is 45.5 Å². The van der Waals surface area contributed by atoms with E-state index in [4.69, 9.17) is 9.47 Å². The number of carbonyl (C=O) groups excluding carboxylic acids is 2.